The summed E-state index contributed by atoms with van der Waals surface area (Å²) in [7, 11) is 0. The predicted octanol–water partition coefficient (Wildman–Crippen LogP) is 4.18. The summed E-state index contributed by atoms with van der Waals surface area (Å²) in [5.41, 5.74) is 2.18. The molecule has 2 aromatic carbocycles. The number of aromatic hydroxyl groups is 1. The number of β-amino-alcohol motifs (C(OH)–C–C–N with tert-alkyl or cyclic N) is 1. The molecule has 3 aliphatic rings. The van der Waals surface area contributed by atoms with E-state index in [0.717, 1.165) is 31.5 Å². The fourth-order valence-electron chi connectivity index (χ4n) is 5.48. The average molecular weight is 537 g/mol. The van der Waals surface area contributed by atoms with Gasteiger partial charge in [0.25, 0.3) is 11.8 Å². The Labute approximate surface area is 219 Å². The Morgan fingerprint density at radius 2 is 1.81 bits per heavy atom. The predicted molar refractivity (Wildman–Crippen MR) is 133 cm³/mol. The molecule has 2 aromatic rings. The molecule has 10 heteroatoms. The molecule has 0 radical (unpaired) electrons. The van der Waals surface area contributed by atoms with Crippen LogP contribution >= 0.6 is 11.6 Å². The highest BCUT2D eigenvalue weighted by molar-refractivity contribution is 6.30. The first-order valence-electron chi connectivity index (χ1n) is 12.6. The van der Waals surface area contributed by atoms with Gasteiger partial charge < -0.3 is 29.5 Å². The van der Waals surface area contributed by atoms with Crippen molar-refractivity contribution in [2.24, 2.45) is 0 Å². The van der Waals surface area contributed by atoms with E-state index in [1.807, 2.05) is 18.2 Å². The van der Waals surface area contributed by atoms with Crippen molar-refractivity contribution in [3.05, 3.63) is 58.1 Å². The number of benzene rings is 2. The summed E-state index contributed by atoms with van der Waals surface area (Å²) >= 11 is 6.12. The van der Waals surface area contributed by atoms with Gasteiger partial charge >= 0.3 is 0 Å². The average Bonchev–Trinajstić information content (AvgIpc) is 3.21. The monoisotopic (exact) mass is 536 g/mol. The number of ether oxygens (including phenoxy) is 2. The summed E-state index contributed by atoms with van der Waals surface area (Å²) in [6.07, 6.45) is 0.00835. The number of carbonyl (C=O) groups is 1. The first-order chi connectivity index (χ1) is 17.6. The second-order valence-electron chi connectivity index (χ2n) is 10.2. The van der Waals surface area contributed by atoms with Gasteiger partial charge in [-0.15, -0.1) is 0 Å². The molecule has 0 unspecified atom stereocenters. The summed E-state index contributed by atoms with van der Waals surface area (Å²) in [5.74, 6) is -3.16. The largest absolute Gasteiger partial charge is 0.508 e. The van der Waals surface area contributed by atoms with Crippen LogP contribution in [0.25, 0.3) is 0 Å². The number of piperidine rings is 2. The lowest BCUT2D eigenvalue weighted by Crippen LogP contribution is -2.46. The maximum Gasteiger partial charge on any atom is 0.257 e. The number of rotatable bonds is 6. The number of phenols is 1. The van der Waals surface area contributed by atoms with Gasteiger partial charge in [0.15, 0.2) is 0 Å². The van der Waals surface area contributed by atoms with Gasteiger partial charge in [-0.3, -0.25) is 4.79 Å². The van der Waals surface area contributed by atoms with E-state index in [0.29, 0.717) is 18.2 Å². The minimum absolute atomic E-state index is 0.0492. The smallest absolute Gasteiger partial charge is 0.257 e. The van der Waals surface area contributed by atoms with E-state index in [1.54, 1.807) is 0 Å². The second kappa shape index (κ2) is 10.4. The van der Waals surface area contributed by atoms with Crippen LogP contribution in [-0.2, 0) is 16.9 Å². The zero-order chi connectivity index (χ0) is 26.2. The third-order valence-corrected chi connectivity index (χ3v) is 7.84. The molecule has 37 heavy (non-hydrogen) atoms. The van der Waals surface area contributed by atoms with E-state index in [-0.39, 0.29) is 55.2 Å². The van der Waals surface area contributed by atoms with Crippen LogP contribution in [0, 0.1) is 0 Å². The lowest BCUT2D eigenvalue weighted by atomic mass is 9.84. The van der Waals surface area contributed by atoms with Crippen molar-refractivity contribution in [2.45, 2.75) is 49.9 Å². The molecule has 7 nitrogen and oxygen atoms in total. The molecular weight excluding hydrogens is 506 g/mol. The van der Waals surface area contributed by atoms with Crippen molar-refractivity contribution in [2.75, 3.05) is 39.3 Å². The number of amides is 1. The molecule has 1 amide bonds. The number of halogens is 3. The van der Waals surface area contributed by atoms with E-state index in [2.05, 4.69) is 4.90 Å². The number of fused-ring (bicyclic) bond motifs is 2. The van der Waals surface area contributed by atoms with Crippen LogP contribution < -0.4 is 4.74 Å². The Bertz CT molecular complexity index is 1150. The standard InChI is InChI=1S/C27H31ClF2N2O5/c28-19-1-4-23-18(13-19)16-37-26(23)5-9-31(10-6-26)15-21(34)17-36-24-14-20(33)2-3-22(24)25(35)32-11-7-27(29,30)8-12-32/h1-4,13-14,21,33-34H,5-12,15-17H2/t21-/m1/s1. The summed E-state index contributed by atoms with van der Waals surface area (Å²) in [6.45, 7) is 2.24. The Morgan fingerprint density at radius 3 is 2.54 bits per heavy atom. The number of carbonyl (C=O) groups excluding carboxylic acids is 1. The Balaban J connectivity index is 1.15. The zero-order valence-electron chi connectivity index (χ0n) is 20.5. The van der Waals surface area contributed by atoms with Crippen LogP contribution in [0.2, 0.25) is 5.02 Å². The molecular formula is C27H31ClF2N2O5. The maximum atomic E-state index is 13.5. The van der Waals surface area contributed by atoms with Crippen molar-refractivity contribution in [1.82, 2.24) is 9.80 Å². The van der Waals surface area contributed by atoms with Crippen LogP contribution in [0.3, 0.4) is 0 Å². The molecule has 0 aromatic heterocycles. The number of phenolic OH excluding ortho intramolecular Hbond substituents is 1. The van der Waals surface area contributed by atoms with E-state index < -0.39 is 17.9 Å². The normalized spacial score (nSPS) is 21.6. The number of aliphatic hydroxyl groups excluding tert-OH is 1. The SMILES string of the molecule is O=C(c1ccc(O)cc1OC[C@H](O)CN1CCC2(CC1)OCc1cc(Cl)ccc12)N1CCC(F)(F)CC1. The fourth-order valence-corrected chi connectivity index (χ4v) is 5.68. The van der Waals surface area contributed by atoms with Gasteiger partial charge in [-0.25, -0.2) is 8.78 Å². The molecule has 2 saturated heterocycles. The van der Waals surface area contributed by atoms with Crippen LogP contribution in [0.4, 0.5) is 8.78 Å². The third kappa shape index (κ3) is 5.70. The molecule has 3 heterocycles. The molecule has 2 N–H and O–H groups in total. The third-order valence-electron chi connectivity index (χ3n) is 7.60. The molecule has 5 rings (SSSR count). The molecule has 2 fully saturated rings. The molecule has 3 aliphatic heterocycles. The number of hydrogen-bond donors (Lipinski definition) is 2. The highest BCUT2D eigenvalue weighted by Crippen LogP contribution is 2.44. The minimum atomic E-state index is -2.76. The molecule has 1 spiro atoms. The fraction of sp³-hybridized carbons (Fsp3) is 0.519. The van der Waals surface area contributed by atoms with Crippen molar-refractivity contribution < 1.29 is 33.3 Å². The summed E-state index contributed by atoms with van der Waals surface area (Å²) in [6, 6.07) is 9.99. The quantitative estimate of drug-likeness (QED) is 0.576. The van der Waals surface area contributed by atoms with E-state index in [9.17, 15) is 23.8 Å². The molecule has 0 bridgehead atoms. The first kappa shape index (κ1) is 26.2. The zero-order valence-corrected chi connectivity index (χ0v) is 21.2. The lowest BCUT2D eigenvalue weighted by Gasteiger charge is -2.39. The first-order valence-corrected chi connectivity index (χ1v) is 13.0. The number of aliphatic hydroxyl groups is 1. The van der Waals surface area contributed by atoms with Crippen LogP contribution in [0.5, 0.6) is 11.5 Å². The van der Waals surface area contributed by atoms with Gasteiger partial charge in [-0.05, 0) is 48.2 Å². The van der Waals surface area contributed by atoms with Gasteiger partial charge in [0, 0.05) is 56.7 Å². The Hall–Kier alpha value is -2.46. The van der Waals surface area contributed by atoms with Gasteiger partial charge in [0.2, 0.25) is 0 Å². The number of nitrogens with zero attached hydrogens (tertiary/aromatic N) is 2. The van der Waals surface area contributed by atoms with Gasteiger partial charge in [-0.1, -0.05) is 17.7 Å². The van der Waals surface area contributed by atoms with Crippen molar-refractivity contribution in [3.63, 3.8) is 0 Å². The lowest BCUT2D eigenvalue weighted by molar-refractivity contribution is -0.0835. The highest BCUT2D eigenvalue weighted by atomic mass is 35.5. The van der Waals surface area contributed by atoms with E-state index >= 15 is 0 Å². The molecule has 0 aliphatic carbocycles. The van der Waals surface area contributed by atoms with Gasteiger partial charge in [-0.2, -0.15) is 0 Å². The van der Waals surface area contributed by atoms with Crippen molar-refractivity contribution in [3.8, 4) is 11.5 Å². The van der Waals surface area contributed by atoms with Crippen LogP contribution in [-0.4, -0.2) is 77.3 Å². The molecule has 0 saturated carbocycles. The number of likely N-dealkylation sites (tertiary alicyclic amines) is 2. The van der Waals surface area contributed by atoms with Crippen LogP contribution in [0.1, 0.15) is 47.2 Å². The number of alkyl halides is 2. The molecule has 200 valence electrons. The number of hydrogen-bond acceptors (Lipinski definition) is 6. The topological polar surface area (TPSA) is 82.5 Å². The van der Waals surface area contributed by atoms with Gasteiger partial charge in [0.1, 0.15) is 24.2 Å². The van der Waals surface area contributed by atoms with E-state index in [1.165, 1.54) is 28.7 Å². The molecule has 1 atom stereocenters. The van der Waals surface area contributed by atoms with Crippen molar-refractivity contribution >= 4 is 17.5 Å². The highest BCUT2D eigenvalue weighted by Gasteiger charge is 2.43. The Morgan fingerprint density at radius 1 is 1.08 bits per heavy atom. The minimum Gasteiger partial charge on any atom is -0.508 e. The summed E-state index contributed by atoms with van der Waals surface area (Å²) in [5, 5.41) is 21.3. The summed E-state index contributed by atoms with van der Waals surface area (Å²) in [4.78, 5) is 16.5. The van der Waals surface area contributed by atoms with E-state index in [4.69, 9.17) is 21.1 Å². The van der Waals surface area contributed by atoms with Crippen LogP contribution in [0.15, 0.2) is 36.4 Å². The van der Waals surface area contributed by atoms with Gasteiger partial charge in [0.05, 0.1) is 17.8 Å². The second-order valence-corrected chi connectivity index (χ2v) is 10.6. The Kier molecular flexibility index (Phi) is 7.33. The van der Waals surface area contributed by atoms with Crippen molar-refractivity contribution in [1.29, 1.82) is 0 Å². The summed E-state index contributed by atoms with van der Waals surface area (Å²) < 4.78 is 39.0. The maximum absolute atomic E-state index is 13.5.